The normalized spacial score (nSPS) is 13.1. The van der Waals surface area contributed by atoms with Crippen molar-refractivity contribution in [3.05, 3.63) is 85.1 Å². The minimum atomic E-state index is -0.527. The molecule has 0 saturated heterocycles. The van der Waals surface area contributed by atoms with Crippen molar-refractivity contribution in [3.63, 3.8) is 0 Å². The van der Waals surface area contributed by atoms with E-state index in [2.05, 4.69) is 78.9 Å². The van der Waals surface area contributed by atoms with Crippen molar-refractivity contribution in [2.45, 2.75) is 0 Å². The average Bonchev–Trinajstić information content (AvgIpc) is 3.07. The van der Waals surface area contributed by atoms with Crippen LogP contribution in [0.5, 0.6) is 0 Å². The van der Waals surface area contributed by atoms with Crippen molar-refractivity contribution >= 4 is 65.9 Å². The van der Waals surface area contributed by atoms with Gasteiger partial charge in [0.15, 0.2) is 0 Å². The summed E-state index contributed by atoms with van der Waals surface area (Å²) in [5.74, 6) is 0. The first-order valence-corrected chi connectivity index (χ1v) is 10.6. The predicted molar refractivity (Wildman–Crippen MR) is 119 cm³/mol. The molecular weight excluding hydrogens is 345 g/mol. The highest BCUT2D eigenvalue weighted by Crippen LogP contribution is 2.56. The topological polar surface area (TPSA) is 12.9 Å². The van der Waals surface area contributed by atoms with E-state index in [0.717, 1.165) is 5.52 Å². The molecule has 0 bridgehead atoms. The third-order valence-electron chi connectivity index (χ3n) is 5.92. The van der Waals surface area contributed by atoms with E-state index in [1.807, 2.05) is 6.20 Å². The highest BCUT2D eigenvalue weighted by Gasteiger charge is 2.18. The summed E-state index contributed by atoms with van der Waals surface area (Å²) in [6.45, 7) is 0. The van der Waals surface area contributed by atoms with Gasteiger partial charge in [0.25, 0.3) is 0 Å². The lowest BCUT2D eigenvalue weighted by Gasteiger charge is -2.12. The summed E-state index contributed by atoms with van der Waals surface area (Å²) in [4.78, 5) is 4.86. The van der Waals surface area contributed by atoms with Gasteiger partial charge in [-0.25, -0.2) is 0 Å². The molecule has 1 atom stereocenters. The summed E-state index contributed by atoms with van der Waals surface area (Å²) in [7, 11) is -0.527. The number of pyridine rings is 1. The molecule has 1 unspecified atom stereocenters. The standard InChI is InChI=1S/C25H14NP/c1-2-6-17-14-22-20(13-16(17)5-1)24-23-15(11-12-26-24)9-10-19-18-7-3-4-8-21(18)27(22)25(19)23/h1-14H. The van der Waals surface area contributed by atoms with Crippen LogP contribution in [0.3, 0.4) is 0 Å². The first kappa shape index (κ1) is 14.0. The number of nitrogens with zero attached hydrogens (tertiary/aromatic N) is 1. The lowest BCUT2D eigenvalue weighted by atomic mass is 10.0. The van der Waals surface area contributed by atoms with Crippen molar-refractivity contribution in [1.82, 2.24) is 4.98 Å². The molecule has 0 N–H and O–H groups in total. The number of benzene rings is 4. The van der Waals surface area contributed by atoms with Gasteiger partial charge < -0.3 is 0 Å². The molecule has 0 aliphatic heterocycles. The Hall–Kier alpha value is -3.15. The second-order valence-corrected chi connectivity index (χ2v) is 9.37. The van der Waals surface area contributed by atoms with Crippen LogP contribution in [0.15, 0.2) is 85.1 Å². The Balaban J connectivity index is 1.96. The number of fused-ring (bicyclic) bond motifs is 7. The first-order valence-electron chi connectivity index (χ1n) is 9.24. The molecule has 0 radical (unpaired) electrons. The van der Waals surface area contributed by atoms with Crippen molar-refractivity contribution in [3.8, 4) is 0 Å². The molecule has 3 heterocycles. The van der Waals surface area contributed by atoms with Crippen LogP contribution in [0.2, 0.25) is 0 Å². The maximum Gasteiger partial charge on any atom is 0.0799 e. The fourth-order valence-corrected chi connectivity index (χ4v) is 7.76. The van der Waals surface area contributed by atoms with Crippen LogP contribution in [0.25, 0.3) is 58.6 Å². The zero-order chi connectivity index (χ0) is 17.5. The van der Waals surface area contributed by atoms with Gasteiger partial charge in [-0.3, -0.25) is 4.98 Å². The van der Waals surface area contributed by atoms with E-state index in [1.165, 1.54) is 53.1 Å². The Bertz CT molecular complexity index is 1670. The molecule has 0 aliphatic carbocycles. The highest BCUT2D eigenvalue weighted by atomic mass is 31.1. The summed E-state index contributed by atoms with van der Waals surface area (Å²) in [6.07, 6.45) is 1.96. The van der Waals surface area contributed by atoms with Gasteiger partial charge in [0, 0.05) is 32.3 Å². The van der Waals surface area contributed by atoms with Crippen molar-refractivity contribution in [2.75, 3.05) is 0 Å². The molecule has 27 heavy (non-hydrogen) atoms. The molecule has 0 amide bonds. The van der Waals surface area contributed by atoms with Crippen LogP contribution < -0.4 is 0 Å². The molecule has 7 aromatic rings. The number of hydrogen-bond donors (Lipinski definition) is 0. The third kappa shape index (κ3) is 1.64. The Morgan fingerprint density at radius 3 is 2.33 bits per heavy atom. The minimum Gasteiger partial charge on any atom is -0.256 e. The van der Waals surface area contributed by atoms with Gasteiger partial charge in [0.2, 0.25) is 0 Å². The van der Waals surface area contributed by atoms with E-state index in [9.17, 15) is 0 Å². The molecule has 1 nitrogen and oxygen atoms in total. The Morgan fingerprint density at radius 1 is 0.593 bits per heavy atom. The van der Waals surface area contributed by atoms with Crippen molar-refractivity contribution in [2.24, 2.45) is 0 Å². The van der Waals surface area contributed by atoms with Gasteiger partial charge in [-0.2, -0.15) is 0 Å². The van der Waals surface area contributed by atoms with Crippen LogP contribution >= 0.6 is 7.34 Å². The number of hydrogen-bond acceptors (Lipinski definition) is 1. The first-order chi connectivity index (χ1) is 13.4. The van der Waals surface area contributed by atoms with Crippen LogP contribution in [0, 0.1) is 0 Å². The summed E-state index contributed by atoms with van der Waals surface area (Å²) in [5, 5.41) is 13.8. The molecule has 3 aromatic heterocycles. The molecule has 124 valence electrons. The fourth-order valence-electron chi connectivity index (χ4n) is 4.77. The van der Waals surface area contributed by atoms with Gasteiger partial charge in [0.05, 0.1) is 5.52 Å². The van der Waals surface area contributed by atoms with E-state index >= 15 is 0 Å². The number of aromatic nitrogens is 1. The van der Waals surface area contributed by atoms with Gasteiger partial charge in [-0.05, 0) is 45.1 Å². The second-order valence-electron chi connectivity index (χ2n) is 7.29. The zero-order valence-electron chi connectivity index (χ0n) is 14.5. The van der Waals surface area contributed by atoms with Gasteiger partial charge in [-0.1, -0.05) is 68.0 Å². The van der Waals surface area contributed by atoms with Crippen molar-refractivity contribution < 1.29 is 0 Å². The van der Waals surface area contributed by atoms with Gasteiger partial charge >= 0.3 is 0 Å². The average molecular weight is 359 g/mol. The van der Waals surface area contributed by atoms with E-state index in [0.29, 0.717) is 0 Å². The van der Waals surface area contributed by atoms with Crippen LogP contribution in [0.4, 0.5) is 0 Å². The Morgan fingerprint density at radius 2 is 1.41 bits per heavy atom. The van der Waals surface area contributed by atoms with Crippen molar-refractivity contribution in [1.29, 1.82) is 0 Å². The number of rotatable bonds is 0. The lowest BCUT2D eigenvalue weighted by Crippen LogP contribution is -1.84. The Labute approximate surface area is 156 Å². The molecule has 0 aliphatic rings. The van der Waals surface area contributed by atoms with E-state index in [1.54, 1.807) is 0 Å². The molecular formula is C25H14NP. The Kier molecular flexibility index (Phi) is 2.47. The summed E-state index contributed by atoms with van der Waals surface area (Å²) in [5.41, 5.74) is 1.15. The largest absolute Gasteiger partial charge is 0.256 e. The van der Waals surface area contributed by atoms with Gasteiger partial charge in [-0.15, -0.1) is 0 Å². The monoisotopic (exact) mass is 359 g/mol. The van der Waals surface area contributed by atoms with E-state index in [4.69, 9.17) is 4.98 Å². The van der Waals surface area contributed by atoms with Crippen LogP contribution in [0.1, 0.15) is 0 Å². The maximum atomic E-state index is 4.86. The van der Waals surface area contributed by atoms with Crippen LogP contribution in [-0.2, 0) is 0 Å². The predicted octanol–water partition coefficient (Wildman–Crippen LogP) is 7.72. The zero-order valence-corrected chi connectivity index (χ0v) is 15.4. The summed E-state index contributed by atoms with van der Waals surface area (Å²) >= 11 is 0. The second kappa shape index (κ2) is 4.76. The molecule has 0 saturated carbocycles. The summed E-state index contributed by atoms with van der Waals surface area (Å²) in [6, 6.07) is 29.1. The van der Waals surface area contributed by atoms with E-state index < -0.39 is 7.34 Å². The molecule has 4 aromatic carbocycles. The maximum absolute atomic E-state index is 4.86. The smallest absolute Gasteiger partial charge is 0.0799 e. The highest BCUT2D eigenvalue weighted by molar-refractivity contribution is 7.63. The van der Waals surface area contributed by atoms with Gasteiger partial charge in [0.1, 0.15) is 0 Å². The SMILES string of the molecule is c1ccc2cc3c(cc2c1)c1nccc2ccc4c5ccccc5p3c4c21. The minimum absolute atomic E-state index is 0.527. The molecule has 0 fully saturated rings. The molecule has 7 rings (SSSR count). The molecule has 2 heteroatoms. The quantitative estimate of drug-likeness (QED) is 0.199. The fraction of sp³-hybridized carbons (Fsp3) is 0. The van der Waals surface area contributed by atoms with E-state index in [-0.39, 0.29) is 0 Å². The third-order valence-corrected chi connectivity index (χ3v) is 8.56. The molecule has 0 spiro atoms. The lowest BCUT2D eigenvalue weighted by molar-refractivity contribution is 1.45. The van der Waals surface area contributed by atoms with Crippen LogP contribution in [-0.4, -0.2) is 4.98 Å². The summed E-state index contributed by atoms with van der Waals surface area (Å²) < 4.78 is 0.